The zero-order valence-electron chi connectivity index (χ0n) is 18.1. The molecule has 0 aromatic carbocycles. The van der Waals surface area contributed by atoms with E-state index in [1.165, 1.54) is 0 Å². The van der Waals surface area contributed by atoms with Crippen molar-refractivity contribution in [2.45, 2.75) is 71.6 Å². The van der Waals surface area contributed by atoms with Gasteiger partial charge in [0.1, 0.15) is 11.6 Å². The summed E-state index contributed by atoms with van der Waals surface area (Å²) in [6.07, 6.45) is 0.979. The van der Waals surface area contributed by atoms with Crippen molar-refractivity contribution in [1.82, 2.24) is 14.8 Å². The molecule has 3 atom stereocenters. The Morgan fingerprint density at radius 3 is 2.59 bits per heavy atom. The molecule has 2 aliphatic rings. The van der Waals surface area contributed by atoms with Gasteiger partial charge in [-0.2, -0.15) is 0 Å². The molecule has 1 aromatic rings. The predicted octanol–water partition coefficient (Wildman–Crippen LogP) is 2.73. The number of amides is 2. The summed E-state index contributed by atoms with van der Waals surface area (Å²) in [7, 11) is 0. The van der Waals surface area contributed by atoms with E-state index in [1.807, 2.05) is 29.4 Å². The van der Waals surface area contributed by atoms with Gasteiger partial charge in [-0.15, -0.1) is 0 Å². The van der Waals surface area contributed by atoms with Crippen LogP contribution >= 0.6 is 0 Å². The molecule has 29 heavy (non-hydrogen) atoms. The summed E-state index contributed by atoms with van der Waals surface area (Å²) in [6, 6.07) is 4.76. The molecule has 3 rings (SSSR count). The Morgan fingerprint density at radius 1 is 1.21 bits per heavy atom. The molecule has 7 heteroatoms. The number of likely N-dealkylation sites (tertiary alicyclic amines) is 1. The number of fused-ring (bicyclic) bond motifs is 4. The third-order valence-electron chi connectivity index (χ3n) is 5.49. The number of aromatic nitrogens is 1. The first-order chi connectivity index (χ1) is 13.5. The fourth-order valence-electron chi connectivity index (χ4n) is 4.44. The molecule has 1 N–H and O–H groups in total. The minimum atomic E-state index is -0.616. The second-order valence-corrected chi connectivity index (χ2v) is 9.77. The average Bonchev–Trinajstić information content (AvgIpc) is 2.59. The number of carbonyl (C=O) groups is 2. The highest BCUT2D eigenvalue weighted by atomic mass is 16.6. The maximum absolute atomic E-state index is 13.3. The van der Waals surface area contributed by atoms with Gasteiger partial charge in [0.05, 0.1) is 0 Å². The molecule has 0 spiro atoms. The third-order valence-corrected chi connectivity index (χ3v) is 5.49. The van der Waals surface area contributed by atoms with Crippen LogP contribution in [-0.4, -0.2) is 46.2 Å². The van der Waals surface area contributed by atoms with E-state index in [-0.39, 0.29) is 29.2 Å². The molecule has 7 nitrogen and oxygen atoms in total. The van der Waals surface area contributed by atoms with Crippen LogP contribution in [0.25, 0.3) is 0 Å². The number of pyridine rings is 1. The first kappa shape index (κ1) is 21.4. The van der Waals surface area contributed by atoms with Gasteiger partial charge in [0, 0.05) is 37.3 Å². The minimum absolute atomic E-state index is 0.0289. The lowest BCUT2D eigenvalue weighted by Crippen LogP contribution is -2.55. The summed E-state index contributed by atoms with van der Waals surface area (Å²) in [5.74, 6) is 0.599. The number of rotatable bonds is 4. The van der Waals surface area contributed by atoms with E-state index in [0.717, 1.165) is 12.1 Å². The van der Waals surface area contributed by atoms with Crippen LogP contribution in [-0.2, 0) is 16.1 Å². The molecule has 0 aliphatic carbocycles. The van der Waals surface area contributed by atoms with Crippen molar-refractivity contribution >= 4 is 12.0 Å². The first-order valence-corrected chi connectivity index (χ1v) is 10.5. The van der Waals surface area contributed by atoms with E-state index in [4.69, 9.17) is 4.74 Å². The van der Waals surface area contributed by atoms with Crippen LogP contribution in [0.3, 0.4) is 0 Å². The van der Waals surface area contributed by atoms with Gasteiger partial charge in [0.2, 0.25) is 5.91 Å². The van der Waals surface area contributed by atoms with Crippen LogP contribution < -0.4 is 10.9 Å². The lowest BCUT2D eigenvalue weighted by Gasteiger charge is -2.43. The summed E-state index contributed by atoms with van der Waals surface area (Å²) in [5.41, 5.74) is 0.419. The van der Waals surface area contributed by atoms with Crippen LogP contribution in [0.1, 0.15) is 59.1 Å². The van der Waals surface area contributed by atoms with E-state index in [0.29, 0.717) is 26.1 Å². The van der Waals surface area contributed by atoms with E-state index in [1.54, 1.807) is 32.9 Å². The lowest BCUT2D eigenvalue weighted by atomic mass is 9.82. The molecule has 1 unspecified atom stereocenters. The van der Waals surface area contributed by atoms with Gasteiger partial charge in [0.25, 0.3) is 5.56 Å². The van der Waals surface area contributed by atoms with Crippen LogP contribution in [0.4, 0.5) is 4.79 Å². The molecule has 1 saturated heterocycles. The summed E-state index contributed by atoms with van der Waals surface area (Å²) < 4.78 is 7.22. The Kier molecular flexibility index (Phi) is 6.05. The van der Waals surface area contributed by atoms with Crippen molar-refractivity contribution in [1.29, 1.82) is 0 Å². The first-order valence-electron chi connectivity index (χ1n) is 10.5. The van der Waals surface area contributed by atoms with E-state index in [2.05, 4.69) is 5.32 Å². The highest BCUT2D eigenvalue weighted by Gasteiger charge is 2.38. The largest absolute Gasteiger partial charge is 0.444 e. The Hall–Kier alpha value is -2.31. The van der Waals surface area contributed by atoms with Crippen LogP contribution in [0.5, 0.6) is 0 Å². The Balaban J connectivity index is 1.75. The number of carbonyl (C=O) groups excluding carboxylic acids is 2. The average molecular weight is 404 g/mol. The molecule has 2 aliphatic heterocycles. The molecule has 2 bridgehead atoms. The van der Waals surface area contributed by atoms with Crippen molar-refractivity contribution in [3.05, 3.63) is 34.2 Å². The van der Waals surface area contributed by atoms with E-state index in [9.17, 15) is 14.4 Å². The third kappa shape index (κ3) is 5.19. The fraction of sp³-hybridized carbons (Fsp3) is 0.682. The zero-order chi connectivity index (χ0) is 21.3. The number of piperidine rings is 1. The highest BCUT2D eigenvalue weighted by molar-refractivity contribution is 5.86. The molecular formula is C22H33N3O4. The summed E-state index contributed by atoms with van der Waals surface area (Å²) in [4.78, 5) is 39.7. The maximum Gasteiger partial charge on any atom is 0.408 e. The van der Waals surface area contributed by atoms with Gasteiger partial charge in [-0.3, -0.25) is 9.59 Å². The van der Waals surface area contributed by atoms with Crippen molar-refractivity contribution in [2.24, 2.45) is 11.8 Å². The van der Waals surface area contributed by atoms with Crippen LogP contribution in [0, 0.1) is 11.8 Å². The molecule has 1 aromatic heterocycles. The number of alkyl carbamates (subject to hydrolysis) is 1. The lowest BCUT2D eigenvalue weighted by molar-refractivity contribution is -0.136. The van der Waals surface area contributed by atoms with Crippen LogP contribution in [0.15, 0.2) is 23.0 Å². The van der Waals surface area contributed by atoms with E-state index >= 15 is 0 Å². The molecule has 1 fully saturated rings. The molecule has 3 heterocycles. The summed E-state index contributed by atoms with van der Waals surface area (Å²) in [5, 5.41) is 2.79. The summed E-state index contributed by atoms with van der Waals surface area (Å²) in [6.45, 7) is 11.3. The molecule has 160 valence electrons. The maximum atomic E-state index is 13.3. The Labute approximate surface area is 172 Å². The van der Waals surface area contributed by atoms with Gasteiger partial charge in [0.15, 0.2) is 0 Å². The molecule has 0 saturated carbocycles. The Morgan fingerprint density at radius 2 is 1.93 bits per heavy atom. The fourth-order valence-corrected chi connectivity index (χ4v) is 4.44. The Bertz CT molecular complexity index is 824. The van der Waals surface area contributed by atoms with Gasteiger partial charge in [-0.1, -0.05) is 19.9 Å². The second kappa shape index (κ2) is 8.20. The van der Waals surface area contributed by atoms with Crippen LogP contribution in [0.2, 0.25) is 0 Å². The van der Waals surface area contributed by atoms with Crippen molar-refractivity contribution < 1.29 is 14.3 Å². The smallest absolute Gasteiger partial charge is 0.408 e. The topological polar surface area (TPSA) is 80.6 Å². The zero-order valence-corrected chi connectivity index (χ0v) is 18.1. The monoisotopic (exact) mass is 403 g/mol. The van der Waals surface area contributed by atoms with Gasteiger partial charge >= 0.3 is 6.09 Å². The molecular weight excluding hydrogens is 370 g/mol. The van der Waals surface area contributed by atoms with Crippen molar-refractivity contribution in [3.8, 4) is 0 Å². The number of hydrogen-bond acceptors (Lipinski definition) is 4. The van der Waals surface area contributed by atoms with Crippen molar-refractivity contribution in [2.75, 3.05) is 13.1 Å². The molecule has 2 amide bonds. The standard InChI is InChI=1S/C22H33N3O4/c1-14(2)9-17(23-21(28)29-22(3,4)5)20(27)24-11-15-10-16(13-24)18-7-6-8-19(26)25(18)12-15/h6-8,14-17H,9-13H2,1-5H3,(H,23,28)/t15-,16+,17?/m1/s1. The number of nitrogens with zero attached hydrogens (tertiary/aromatic N) is 2. The highest BCUT2D eigenvalue weighted by Crippen LogP contribution is 2.35. The second-order valence-electron chi connectivity index (χ2n) is 9.77. The SMILES string of the molecule is CC(C)CC(NC(=O)OC(C)(C)C)C(=O)N1C[C@H]2C[C@@H](C1)c1cccc(=O)n1C2. The number of ether oxygens (including phenoxy) is 1. The number of hydrogen-bond donors (Lipinski definition) is 1. The summed E-state index contributed by atoms with van der Waals surface area (Å²) >= 11 is 0. The quantitative estimate of drug-likeness (QED) is 0.838. The normalized spacial score (nSPS) is 22.1. The molecule has 0 radical (unpaired) electrons. The van der Waals surface area contributed by atoms with Gasteiger partial charge in [-0.25, -0.2) is 4.79 Å². The van der Waals surface area contributed by atoms with Gasteiger partial charge < -0.3 is 19.5 Å². The van der Waals surface area contributed by atoms with Crippen molar-refractivity contribution in [3.63, 3.8) is 0 Å². The van der Waals surface area contributed by atoms with E-state index < -0.39 is 17.7 Å². The predicted molar refractivity (Wildman–Crippen MR) is 111 cm³/mol. The van der Waals surface area contributed by atoms with Gasteiger partial charge in [-0.05, 0) is 51.5 Å². The minimum Gasteiger partial charge on any atom is -0.444 e. The number of nitrogens with one attached hydrogen (secondary N) is 1.